The smallest absolute Gasteiger partial charge is 0.308 e. The van der Waals surface area contributed by atoms with Crippen LogP contribution in [-0.4, -0.2) is 39.5 Å². The number of carboxylic acid groups (broad SMARTS) is 1. The molecule has 0 aliphatic carbocycles. The molecule has 0 bridgehead atoms. The largest absolute Gasteiger partial charge is 0.481 e. The van der Waals surface area contributed by atoms with E-state index in [2.05, 4.69) is 4.57 Å². The summed E-state index contributed by atoms with van der Waals surface area (Å²) in [6.45, 7) is 1.53. The summed E-state index contributed by atoms with van der Waals surface area (Å²) in [4.78, 5) is 24.8. The first-order valence-corrected chi connectivity index (χ1v) is 7.19. The van der Waals surface area contributed by atoms with E-state index < -0.39 is 11.9 Å². The molecule has 3 rings (SSSR count). The molecule has 1 aliphatic heterocycles. The maximum absolute atomic E-state index is 12.2. The lowest BCUT2D eigenvalue weighted by atomic mass is 10.1. The van der Waals surface area contributed by atoms with Crippen molar-refractivity contribution in [3.05, 3.63) is 36.5 Å². The third-order valence-corrected chi connectivity index (χ3v) is 4.14. The molecule has 1 atom stereocenters. The molecule has 0 saturated carbocycles. The molecular weight excluding hydrogens is 268 g/mol. The summed E-state index contributed by atoms with van der Waals surface area (Å²) in [5.74, 6) is -1.17. The third kappa shape index (κ3) is 2.77. The second-order valence-electron chi connectivity index (χ2n) is 5.48. The van der Waals surface area contributed by atoms with Crippen LogP contribution < -0.4 is 0 Å². The lowest BCUT2D eigenvalue weighted by Gasteiger charge is -2.16. The molecule has 1 aromatic carbocycles. The molecule has 2 heterocycles. The monoisotopic (exact) mass is 286 g/mol. The van der Waals surface area contributed by atoms with Gasteiger partial charge in [-0.05, 0) is 23.9 Å². The van der Waals surface area contributed by atoms with Crippen LogP contribution in [0.15, 0.2) is 36.5 Å². The first-order valence-electron chi connectivity index (χ1n) is 7.19. The molecule has 1 aromatic heterocycles. The van der Waals surface area contributed by atoms with Crippen LogP contribution in [0, 0.1) is 5.92 Å². The van der Waals surface area contributed by atoms with Crippen LogP contribution >= 0.6 is 0 Å². The van der Waals surface area contributed by atoms with Crippen molar-refractivity contribution < 1.29 is 14.7 Å². The van der Waals surface area contributed by atoms with E-state index >= 15 is 0 Å². The zero-order valence-corrected chi connectivity index (χ0v) is 11.7. The Labute approximate surface area is 122 Å². The lowest BCUT2D eigenvalue weighted by molar-refractivity contribution is -0.141. The summed E-state index contributed by atoms with van der Waals surface area (Å²) < 4.78 is 2.07. The van der Waals surface area contributed by atoms with Crippen molar-refractivity contribution >= 4 is 22.8 Å². The number of nitrogens with zero attached hydrogens (tertiary/aromatic N) is 2. The molecule has 0 radical (unpaired) electrons. The average Bonchev–Trinajstić information content (AvgIpc) is 3.12. The maximum Gasteiger partial charge on any atom is 0.308 e. The van der Waals surface area contributed by atoms with Crippen molar-refractivity contribution in [2.24, 2.45) is 5.92 Å². The number of carbonyl (C=O) groups excluding carboxylic acids is 1. The quantitative estimate of drug-likeness (QED) is 0.934. The van der Waals surface area contributed by atoms with Gasteiger partial charge in [-0.3, -0.25) is 9.59 Å². The molecular formula is C16H18N2O3. The fourth-order valence-corrected chi connectivity index (χ4v) is 2.90. The van der Waals surface area contributed by atoms with E-state index in [9.17, 15) is 9.59 Å². The van der Waals surface area contributed by atoms with E-state index in [1.165, 1.54) is 0 Å². The number of likely N-dealkylation sites (tertiary alicyclic amines) is 1. The SMILES string of the molecule is O=C(O)C1CCN(C(=O)CCn2ccc3ccccc32)C1. The number of aryl methyl sites for hydroxylation is 1. The van der Waals surface area contributed by atoms with Crippen LogP contribution in [0.1, 0.15) is 12.8 Å². The van der Waals surface area contributed by atoms with Gasteiger partial charge >= 0.3 is 5.97 Å². The van der Waals surface area contributed by atoms with Gasteiger partial charge in [0, 0.05) is 37.8 Å². The Balaban J connectivity index is 1.60. The molecule has 21 heavy (non-hydrogen) atoms. The molecule has 2 aromatic rings. The Morgan fingerprint density at radius 2 is 2.05 bits per heavy atom. The summed E-state index contributed by atoms with van der Waals surface area (Å²) in [6, 6.07) is 10.1. The van der Waals surface area contributed by atoms with Crippen LogP contribution in [0.2, 0.25) is 0 Å². The minimum atomic E-state index is -0.804. The number of carbonyl (C=O) groups is 2. The van der Waals surface area contributed by atoms with E-state index in [-0.39, 0.29) is 5.91 Å². The highest BCUT2D eigenvalue weighted by Gasteiger charge is 2.30. The summed E-state index contributed by atoms with van der Waals surface area (Å²) in [5, 5.41) is 10.1. The van der Waals surface area contributed by atoms with Crippen LogP contribution in [0.4, 0.5) is 0 Å². The van der Waals surface area contributed by atoms with Gasteiger partial charge in [0.1, 0.15) is 0 Å². The normalized spacial score (nSPS) is 18.3. The van der Waals surface area contributed by atoms with Gasteiger partial charge in [0.15, 0.2) is 0 Å². The molecule has 0 spiro atoms. The Kier molecular flexibility index (Phi) is 3.64. The van der Waals surface area contributed by atoms with Crippen molar-refractivity contribution in [3.8, 4) is 0 Å². The minimum Gasteiger partial charge on any atom is -0.481 e. The highest BCUT2D eigenvalue weighted by atomic mass is 16.4. The van der Waals surface area contributed by atoms with E-state index in [0.717, 1.165) is 10.9 Å². The zero-order valence-electron chi connectivity index (χ0n) is 11.7. The predicted octanol–water partition coefficient (Wildman–Crippen LogP) is 1.96. The van der Waals surface area contributed by atoms with Crippen LogP contribution in [0.25, 0.3) is 10.9 Å². The molecule has 1 N–H and O–H groups in total. The van der Waals surface area contributed by atoms with Crippen LogP contribution in [0.3, 0.4) is 0 Å². The van der Waals surface area contributed by atoms with Crippen LogP contribution in [0.5, 0.6) is 0 Å². The van der Waals surface area contributed by atoms with Crippen molar-refractivity contribution in [2.75, 3.05) is 13.1 Å². The lowest BCUT2D eigenvalue weighted by Crippen LogP contribution is -2.30. The molecule has 1 aliphatic rings. The topological polar surface area (TPSA) is 62.5 Å². The number of aliphatic carboxylic acids is 1. The predicted molar refractivity (Wildman–Crippen MR) is 78.9 cm³/mol. The Bertz CT molecular complexity index is 677. The summed E-state index contributed by atoms with van der Waals surface area (Å²) in [7, 11) is 0. The number of rotatable bonds is 4. The first-order chi connectivity index (χ1) is 10.1. The van der Waals surface area contributed by atoms with Gasteiger partial charge in [-0.25, -0.2) is 0 Å². The van der Waals surface area contributed by atoms with E-state index in [0.29, 0.717) is 32.5 Å². The van der Waals surface area contributed by atoms with Gasteiger partial charge in [0.05, 0.1) is 5.92 Å². The van der Waals surface area contributed by atoms with E-state index in [1.54, 1.807) is 4.90 Å². The van der Waals surface area contributed by atoms with Gasteiger partial charge in [-0.2, -0.15) is 0 Å². The van der Waals surface area contributed by atoms with Crippen molar-refractivity contribution in [3.63, 3.8) is 0 Å². The van der Waals surface area contributed by atoms with Gasteiger partial charge < -0.3 is 14.6 Å². The number of para-hydroxylation sites is 1. The van der Waals surface area contributed by atoms with Crippen LogP contribution in [-0.2, 0) is 16.1 Å². The average molecular weight is 286 g/mol. The summed E-state index contributed by atoms with van der Waals surface area (Å²) in [6.07, 6.45) is 2.96. The maximum atomic E-state index is 12.2. The Morgan fingerprint density at radius 1 is 1.24 bits per heavy atom. The minimum absolute atomic E-state index is 0.0385. The van der Waals surface area contributed by atoms with E-state index in [4.69, 9.17) is 5.11 Å². The van der Waals surface area contributed by atoms with Gasteiger partial charge in [0.2, 0.25) is 5.91 Å². The molecule has 5 heteroatoms. The highest BCUT2D eigenvalue weighted by Crippen LogP contribution is 2.19. The number of hydrogen-bond donors (Lipinski definition) is 1. The number of carboxylic acids is 1. The highest BCUT2D eigenvalue weighted by molar-refractivity contribution is 5.81. The first kappa shape index (κ1) is 13.7. The third-order valence-electron chi connectivity index (χ3n) is 4.14. The number of benzene rings is 1. The molecule has 1 unspecified atom stereocenters. The molecule has 1 fully saturated rings. The fourth-order valence-electron chi connectivity index (χ4n) is 2.90. The van der Waals surface area contributed by atoms with E-state index in [1.807, 2.05) is 36.5 Å². The van der Waals surface area contributed by atoms with Crippen molar-refractivity contribution in [2.45, 2.75) is 19.4 Å². The second kappa shape index (κ2) is 5.60. The molecule has 110 valence electrons. The number of aromatic nitrogens is 1. The number of amides is 1. The fraction of sp³-hybridized carbons (Fsp3) is 0.375. The van der Waals surface area contributed by atoms with Crippen molar-refractivity contribution in [1.82, 2.24) is 9.47 Å². The zero-order chi connectivity index (χ0) is 14.8. The number of fused-ring (bicyclic) bond motifs is 1. The standard InChI is InChI=1S/C16H18N2O3/c19-15(18-9-6-13(11-18)16(20)21)7-10-17-8-5-12-3-1-2-4-14(12)17/h1-5,8,13H,6-7,9-11H2,(H,20,21). The Hall–Kier alpha value is -2.30. The van der Waals surface area contributed by atoms with Gasteiger partial charge in [-0.1, -0.05) is 18.2 Å². The second-order valence-corrected chi connectivity index (χ2v) is 5.48. The summed E-state index contributed by atoms with van der Waals surface area (Å²) in [5.41, 5.74) is 1.12. The Morgan fingerprint density at radius 3 is 2.81 bits per heavy atom. The molecule has 5 nitrogen and oxygen atoms in total. The van der Waals surface area contributed by atoms with Crippen molar-refractivity contribution in [1.29, 1.82) is 0 Å². The molecule has 1 amide bonds. The molecule has 1 saturated heterocycles. The number of hydrogen-bond acceptors (Lipinski definition) is 2. The summed E-state index contributed by atoms with van der Waals surface area (Å²) >= 11 is 0. The van der Waals surface area contributed by atoms with Gasteiger partial charge in [-0.15, -0.1) is 0 Å². The van der Waals surface area contributed by atoms with Gasteiger partial charge in [0.25, 0.3) is 0 Å².